The molecule has 19 heavy (non-hydrogen) atoms. The molecule has 6 heteroatoms. The summed E-state index contributed by atoms with van der Waals surface area (Å²) in [6, 6.07) is 1.57. The Morgan fingerprint density at radius 1 is 1.32 bits per heavy atom. The van der Waals surface area contributed by atoms with Gasteiger partial charge >= 0.3 is 5.97 Å². The van der Waals surface area contributed by atoms with E-state index in [1.165, 1.54) is 13.0 Å². The zero-order chi connectivity index (χ0) is 14.6. The maximum Gasteiger partial charge on any atom is 0.341 e. The Bertz CT molecular complexity index is 553. The van der Waals surface area contributed by atoms with E-state index in [1.54, 1.807) is 6.92 Å². The Kier molecular flexibility index (Phi) is 5.35. The molecule has 0 aliphatic rings. The van der Waals surface area contributed by atoms with Gasteiger partial charge in [-0.15, -0.1) is 0 Å². The lowest BCUT2D eigenvalue weighted by molar-refractivity contribution is -0.138. The number of hydrogen-bond acceptors (Lipinski definition) is 3. The molecule has 3 nitrogen and oxygen atoms in total. The maximum atomic E-state index is 13.6. The summed E-state index contributed by atoms with van der Waals surface area (Å²) in [6.07, 6.45) is 1.23. The maximum absolute atomic E-state index is 13.6. The number of carbonyl (C=O) groups excluding carboxylic acids is 2. The van der Waals surface area contributed by atoms with Gasteiger partial charge in [-0.3, -0.25) is 4.79 Å². The second kappa shape index (κ2) is 6.56. The van der Waals surface area contributed by atoms with Gasteiger partial charge in [-0.2, -0.15) is 0 Å². The molecule has 0 aliphatic carbocycles. The van der Waals surface area contributed by atoms with E-state index in [4.69, 9.17) is 4.74 Å². The minimum Gasteiger partial charge on any atom is -0.462 e. The predicted molar refractivity (Wildman–Crippen MR) is 68.8 cm³/mol. The highest BCUT2D eigenvalue weighted by Crippen LogP contribution is 2.22. The van der Waals surface area contributed by atoms with Crippen LogP contribution in [0.1, 0.15) is 24.2 Å². The summed E-state index contributed by atoms with van der Waals surface area (Å²) in [6.45, 7) is 3.14. The van der Waals surface area contributed by atoms with Gasteiger partial charge in [0.1, 0.15) is 17.2 Å². The van der Waals surface area contributed by atoms with Gasteiger partial charge in [0.15, 0.2) is 0 Å². The standard InChI is InChI=1S/C13H11BrF2O3/c1-3-7(13(18)19-4-2)12(17)8-5-9(14)11(16)6-10(8)15/h3,5-6H,4H2,1-2H3. The van der Waals surface area contributed by atoms with E-state index in [9.17, 15) is 18.4 Å². The van der Waals surface area contributed by atoms with Gasteiger partial charge in [-0.25, -0.2) is 13.6 Å². The number of carbonyl (C=O) groups is 2. The number of allylic oxidation sites excluding steroid dienone is 1. The summed E-state index contributed by atoms with van der Waals surface area (Å²) in [7, 11) is 0. The van der Waals surface area contributed by atoms with Crippen molar-refractivity contribution >= 4 is 27.7 Å². The molecule has 0 fully saturated rings. The normalized spacial score (nSPS) is 11.3. The molecule has 0 bridgehead atoms. The van der Waals surface area contributed by atoms with Crippen molar-refractivity contribution in [1.82, 2.24) is 0 Å². The van der Waals surface area contributed by atoms with Crippen LogP contribution in [-0.4, -0.2) is 18.4 Å². The van der Waals surface area contributed by atoms with Gasteiger partial charge in [0, 0.05) is 6.07 Å². The molecule has 1 rings (SSSR count). The van der Waals surface area contributed by atoms with Gasteiger partial charge in [0.2, 0.25) is 5.78 Å². The average Bonchev–Trinajstić information content (AvgIpc) is 2.34. The van der Waals surface area contributed by atoms with Crippen LogP contribution >= 0.6 is 15.9 Å². The van der Waals surface area contributed by atoms with Crippen molar-refractivity contribution in [2.24, 2.45) is 0 Å². The zero-order valence-corrected chi connectivity index (χ0v) is 11.9. The van der Waals surface area contributed by atoms with Crippen LogP contribution in [0, 0.1) is 11.6 Å². The van der Waals surface area contributed by atoms with Crippen LogP contribution in [0.2, 0.25) is 0 Å². The molecule has 0 saturated carbocycles. The third kappa shape index (κ3) is 3.47. The number of rotatable bonds is 4. The van der Waals surface area contributed by atoms with Crippen molar-refractivity contribution in [1.29, 1.82) is 0 Å². The van der Waals surface area contributed by atoms with Crippen molar-refractivity contribution < 1.29 is 23.1 Å². The molecule has 1 aromatic carbocycles. The largest absolute Gasteiger partial charge is 0.462 e. The van der Waals surface area contributed by atoms with Gasteiger partial charge in [0.05, 0.1) is 16.6 Å². The number of ether oxygens (including phenoxy) is 1. The predicted octanol–water partition coefficient (Wildman–Crippen LogP) is 3.42. The molecule has 0 radical (unpaired) electrons. The van der Waals surface area contributed by atoms with Crippen LogP contribution < -0.4 is 0 Å². The summed E-state index contributed by atoms with van der Waals surface area (Å²) in [5.74, 6) is -3.55. The van der Waals surface area contributed by atoms with E-state index < -0.39 is 29.0 Å². The van der Waals surface area contributed by atoms with E-state index in [2.05, 4.69) is 15.9 Å². The number of hydrogen-bond donors (Lipinski definition) is 0. The monoisotopic (exact) mass is 332 g/mol. The van der Waals surface area contributed by atoms with Crippen molar-refractivity contribution in [2.75, 3.05) is 6.61 Å². The lowest BCUT2D eigenvalue weighted by Gasteiger charge is -2.07. The molecule has 0 heterocycles. The quantitative estimate of drug-likeness (QED) is 0.212. The summed E-state index contributed by atoms with van der Waals surface area (Å²) in [4.78, 5) is 23.6. The second-order valence-electron chi connectivity index (χ2n) is 3.50. The van der Waals surface area contributed by atoms with Crippen molar-refractivity contribution in [2.45, 2.75) is 13.8 Å². The first-order chi connectivity index (χ1) is 8.92. The lowest BCUT2D eigenvalue weighted by atomic mass is 10.0. The minimum absolute atomic E-state index is 0.0587. The highest BCUT2D eigenvalue weighted by atomic mass is 79.9. The third-order valence-electron chi connectivity index (χ3n) is 2.28. The first-order valence-corrected chi connectivity index (χ1v) is 6.24. The number of ketones is 1. The fraction of sp³-hybridized carbons (Fsp3) is 0.231. The fourth-order valence-corrected chi connectivity index (χ4v) is 1.74. The molecule has 0 N–H and O–H groups in total. The van der Waals surface area contributed by atoms with Gasteiger partial charge in [-0.05, 0) is 35.8 Å². The van der Waals surface area contributed by atoms with E-state index in [0.29, 0.717) is 6.07 Å². The molecule has 1 aromatic rings. The molecule has 0 aliphatic heterocycles. The Hall–Kier alpha value is -1.56. The Morgan fingerprint density at radius 3 is 2.47 bits per heavy atom. The Labute approximate surface area is 117 Å². The van der Waals surface area contributed by atoms with Gasteiger partial charge in [-0.1, -0.05) is 6.08 Å². The van der Waals surface area contributed by atoms with E-state index >= 15 is 0 Å². The minimum atomic E-state index is -1.03. The fourth-order valence-electron chi connectivity index (χ4n) is 1.39. The topological polar surface area (TPSA) is 43.4 Å². The Balaban J connectivity index is 3.19. The highest BCUT2D eigenvalue weighted by molar-refractivity contribution is 9.10. The van der Waals surface area contributed by atoms with Gasteiger partial charge < -0.3 is 4.74 Å². The average molecular weight is 333 g/mol. The molecular formula is C13H11BrF2O3. The molecule has 0 unspecified atom stereocenters. The number of benzene rings is 1. The molecule has 0 atom stereocenters. The summed E-state index contributed by atoms with van der Waals surface area (Å²) < 4.78 is 31.3. The molecule has 0 saturated heterocycles. The SMILES string of the molecule is CC=C(C(=O)OCC)C(=O)c1cc(Br)c(F)cc1F. The highest BCUT2D eigenvalue weighted by Gasteiger charge is 2.24. The molecule has 0 aromatic heterocycles. The van der Waals surface area contributed by atoms with Crippen LogP contribution in [0.5, 0.6) is 0 Å². The van der Waals surface area contributed by atoms with Crippen molar-refractivity contribution in [3.05, 3.63) is 45.5 Å². The molecular weight excluding hydrogens is 322 g/mol. The van der Waals surface area contributed by atoms with E-state index in [0.717, 1.165) is 6.07 Å². The number of halogens is 3. The Morgan fingerprint density at radius 2 is 1.95 bits per heavy atom. The third-order valence-corrected chi connectivity index (χ3v) is 2.89. The summed E-state index contributed by atoms with van der Waals surface area (Å²) in [5.41, 5.74) is -0.686. The van der Waals surface area contributed by atoms with E-state index in [1.807, 2.05) is 0 Å². The second-order valence-corrected chi connectivity index (χ2v) is 4.35. The molecule has 0 spiro atoms. The van der Waals surface area contributed by atoms with E-state index in [-0.39, 0.29) is 16.7 Å². The lowest BCUT2D eigenvalue weighted by Crippen LogP contribution is -2.17. The van der Waals surface area contributed by atoms with Crippen LogP contribution in [0.25, 0.3) is 0 Å². The van der Waals surface area contributed by atoms with Crippen molar-refractivity contribution in [3.63, 3.8) is 0 Å². The van der Waals surface area contributed by atoms with Crippen LogP contribution in [-0.2, 0) is 9.53 Å². The van der Waals surface area contributed by atoms with Crippen molar-refractivity contribution in [3.8, 4) is 0 Å². The van der Waals surface area contributed by atoms with Crippen LogP contribution in [0.3, 0.4) is 0 Å². The summed E-state index contributed by atoms with van der Waals surface area (Å²) >= 11 is 2.86. The number of esters is 1. The first kappa shape index (κ1) is 15.5. The van der Waals surface area contributed by atoms with Gasteiger partial charge in [0.25, 0.3) is 0 Å². The first-order valence-electron chi connectivity index (χ1n) is 5.45. The zero-order valence-electron chi connectivity index (χ0n) is 10.3. The molecule has 102 valence electrons. The molecule has 0 amide bonds. The smallest absolute Gasteiger partial charge is 0.341 e. The van der Waals surface area contributed by atoms with Crippen LogP contribution in [0.4, 0.5) is 8.78 Å². The summed E-state index contributed by atoms with van der Waals surface area (Å²) in [5, 5.41) is 0. The van der Waals surface area contributed by atoms with Crippen LogP contribution in [0.15, 0.2) is 28.3 Å². The number of Topliss-reactive ketones (excluding diaryl/α,β-unsaturated/α-hetero) is 1.